The van der Waals surface area contributed by atoms with Gasteiger partial charge in [-0.3, -0.25) is 14.6 Å². The van der Waals surface area contributed by atoms with Crippen molar-refractivity contribution in [3.63, 3.8) is 0 Å². The molecule has 1 aliphatic heterocycles. The van der Waals surface area contributed by atoms with E-state index < -0.39 is 30.3 Å². The molecule has 3 rings (SSSR count). The Labute approximate surface area is 225 Å². The molecule has 39 heavy (non-hydrogen) atoms. The number of methoxy groups -OCH3 is 1. The molecular formula is C27H34F3N5O4. The van der Waals surface area contributed by atoms with E-state index in [-0.39, 0.29) is 37.2 Å². The van der Waals surface area contributed by atoms with Crippen LogP contribution in [0.1, 0.15) is 42.7 Å². The summed E-state index contributed by atoms with van der Waals surface area (Å²) in [7, 11) is 1.19. The summed E-state index contributed by atoms with van der Waals surface area (Å²) in [5, 5.41) is 5.56. The van der Waals surface area contributed by atoms with Crippen LogP contribution in [0.2, 0.25) is 0 Å². The highest BCUT2D eigenvalue weighted by Crippen LogP contribution is 2.31. The fraction of sp³-hybridized carbons (Fsp3) is 0.481. The number of amides is 3. The Morgan fingerprint density at radius 1 is 1.18 bits per heavy atom. The molecule has 0 spiro atoms. The van der Waals surface area contributed by atoms with Crippen LogP contribution in [0.3, 0.4) is 0 Å². The summed E-state index contributed by atoms with van der Waals surface area (Å²) in [5.41, 5.74) is 1.50. The number of carbonyl (C=O) groups is 3. The molecule has 9 nitrogen and oxygen atoms in total. The van der Waals surface area contributed by atoms with Crippen LogP contribution in [0.4, 0.5) is 23.7 Å². The number of alkyl halides is 3. The van der Waals surface area contributed by atoms with Gasteiger partial charge in [0.2, 0.25) is 11.8 Å². The van der Waals surface area contributed by atoms with E-state index in [0.717, 1.165) is 22.9 Å². The van der Waals surface area contributed by atoms with Gasteiger partial charge in [-0.05, 0) is 41.7 Å². The minimum absolute atomic E-state index is 0.0203. The molecule has 3 amide bonds. The molecular weight excluding hydrogens is 515 g/mol. The number of nitrogens with one attached hydrogen (secondary N) is 2. The maximum absolute atomic E-state index is 13.5. The van der Waals surface area contributed by atoms with Gasteiger partial charge in [0.1, 0.15) is 0 Å². The minimum Gasteiger partial charge on any atom is -0.453 e. The Kier molecular flexibility index (Phi) is 10.1. The van der Waals surface area contributed by atoms with Crippen molar-refractivity contribution in [2.75, 3.05) is 38.6 Å². The van der Waals surface area contributed by atoms with E-state index in [2.05, 4.69) is 20.4 Å². The zero-order chi connectivity index (χ0) is 28.6. The summed E-state index contributed by atoms with van der Waals surface area (Å²) < 4.78 is 45.1. The molecule has 0 radical (unpaired) electrons. The molecule has 0 aliphatic carbocycles. The van der Waals surface area contributed by atoms with Gasteiger partial charge in [0, 0.05) is 44.5 Å². The lowest BCUT2D eigenvalue weighted by atomic mass is 9.97. The average Bonchev–Trinajstić information content (AvgIpc) is 2.89. The Hall–Kier alpha value is -3.83. The van der Waals surface area contributed by atoms with Gasteiger partial charge >= 0.3 is 12.3 Å². The first-order chi connectivity index (χ1) is 18.5. The lowest BCUT2D eigenvalue weighted by Crippen LogP contribution is -2.41. The number of aromatic nitrogens is 1. The van der Waals surface area contributed by atoms with Crippen LogP contribution in [0.15, 0.2) is 36.5 Å². The molecule has 2 aromatic rings. The second-order valence-corrected chi connectivity index (χ2v) is 9.69. The number of fused-ring (bicyclic) bond motifs is 1. The first kappa shape index (κ1) is 29.7. The third kappa shape index (κ3) is 8.33. The van der Waals surface area contributed by atoms with Crippen molar-refractivity contribution in [3.8, 4) is 0 Å². The van der Waals surface area contributed by atoms with Crippen LogP contribution in [-0.2, 0) is 40.0 Å². The summed E-state index contributed by atoms with van der Waals surface area (Å²) in [6, 6.07) is 7.73. The second kappa shape index (κ2) is 13.3. The standard InChI is InChI=1S/C27H34F3N5O4/c1-18(2)14-24(36)34-12-9-20-19(16-34)6-4-8-22(20)33-15-25(37)35(13-11-32-26(38)39-3)17-23-21(27(28,29)30)7-5-10-31-23/h4-8,10,18,33H,9,11-17H2,1-3H3,(H,32,38). The minimum atomic E-state index is -4.63. The van der Waals surface area contributed by atoms with Crippen molar-refractivity contribution in [1.29, 1.82) is 0 Å². The summed E-state index contributed by atoms with van der Waals surface area (Å²) in [6.45, 7) is 4.41. The van der Waals surface area contributed by atoms with Gasteiger partial charge in [-0.1, -0.05) is 26.0 Å². The average molecular weight is 550 g/mol. The van der Waals surface area contributed by atoms with Crippen LogP contribution in [-0.4, -0.2) is 66.0 Å². The van der Waals surface area contributed by atoms with Gasteiger partial charge in [0.25, 0.3) is 0 Å². The summed E-state index contributed by atoms with van der Waals surface area (Å²) in [6.07, 6.45) is -3.01. The van der Waals surface area contributed by atoms with E-state index in [1.54, 1.807) is 0 Å². The molecule has 0 fully saturated rings. The first-order valence-electron chi connectivity index (χ1n) is 12.7. The van der Waals surface area contributed by atoms with Crippen LogP contribution >= 0.6 is 0 Å². The van der Waals surface area contributed by atoms with Gasteiger partial charge in [0.15, 0.2) is 0 Å². The highest BCUT2D eigenvalue weighted by atomic mass is 19.4. The molecule has 0 atom stereocenters. The third-order valence-electron chi connectivity index (χ3n) is 6.36. The fourth-order valence-electron chi connectivity index (χ4n) is 4.41. The molecule has 12 heteroatoms. The number of hydrogen-bond donors (Lipinski definition) is 2. The number of ether oxygens (including phenoxy) is 1. The molecule has 0 unspecified atom stereocenters. The normalized spacial score (nSPS) is 13.1. The predicted molar refractivity (Wildman–Crippen MR) is 139 cm³/mol. The molecule has 1 aliphatic rings. The monoisotopic (exact) mass is 549 g/mol. The number of benzene rings is 1. The van der Waals surface area contributed by atoms with Crippen LogP contribution in [0.5, 0.6) is 0 Å². The SMILES string of the molecule is COC(=O)NCCN(Cc1ncccc1C(F)(F)F)C(=O)CNc1cccc2c1CCN(C(=O)CC(C)C)C2. The first-order valence-corrected chi connectivity index (χ1v) is 12.7. The molecule has 212 valence electrons. The zero-order valence-electron chi connectivity index (χ0n) is 22.3. The van der Waals surface area contributed by atoms with Gasteiger partial charge in [-0.25, -0.2) is 4.79 Å². The van der Waals surface area contributed by atoms with Crippen molar-refractivity contribution in [2.45, 2.75) is 46.0 Å². The third-order valence-corrected chi connectivity index (χ3v) is 6.36. The van der Waals surface area contributed by atoms with E-state index >= 15 is 0 Å². The van der Waals surface area contributed by atoms with Crippen LogP contribution < -0.4 is 10.6 Å². The number of alkyl carbamates (subject to hydrolysis) is 1. The highest BCUT2D eigenvalue weighted by Gasteiger charge is 2.34. The van der Waals surface area contributed by atoms with E-state index in [1.807, 2.05) is 36.9 Å². The molecule has 1 aromatic carbocycles. The Bertz CT molecular complexity index is 1170. The maximum Gasteiger partial charge on any atom is 0.418 e. The maximum atomic E-state index is 13.5. The number of anilines is 1. The predicted octanol–water partition coefficient (Wildman–Crippen LogP) is 3.83. The Balaban J connectivity index is 1.72. The molecule has 0 saturated carbocycles. The molecule has 0 bridgehead atoms. The van der Waals surface area contributed by atoms with Crippen LogP contribution in [0.25, 0.3) is 0 Å². The smallest absolute Gasteiger partial charge is 0.418 e. The van der Waals surface area contributed by atoms with Crippen molar-refractivity contribution in [2.24, 2.45) is 5.92 Å². The van der Waals surface area contributed by atoms with Crippen molar-refractivity contribution >= 4 is 23.6 Å². The van der Waals surface area contributed by atoms with Gasteiger partial charge in [0.05, 0.1) is 31.5 Å². The van der Waals surface area contributed by atoms with E-state index in [4.69, 9.17) is 0 Å². The van der Waals surface area contributed by atoms with Crippen molar-refractivity contribution in [1.82, 2.24) is 20.1 Å². The number of carbonyl (C=O) groups excluding carboxylic acids is 3. The van der Waals surface area contributed by atoms with Gasteiger partial charge < -0.3 is 25.2 Å². The molecule has 2 N–H and O–H groups in total. The van der Waals surface area contributed by atoms with E-state index in [1.165, 1.54) is 24.3 Å². The van der Waals surface area contributed by atoms with Crippen molar-refractivity contribution < 1.29 is 32.3 Å². The zero-order valence-corrected chi connectivity index (χ0v) is 22.3. The van der Waals surface area contributed by atoms with Crippen molar-refractivity contribution in [3.05, 3.63) is 58.9 Å². The largest absolute Gasteiger partial charge is 0.453 e. The topological polar surface area (TPSA) is 104 Å². The van der Waals surface area contributed by atoms with Gasteiger partial charge in [-0.2, -0.15) is 13.2 Å². The number of pyridine rings is 1. The number of rotatable bonds is 10. The Morgan fingerprint density at radius 3 is 2.64 bits per heavy atom. The molecule has 2 heterocycles. The number of halogens is 3. The van der Waals surface area contributed by atoms with E-state index in [9.17, 15) is 27.6 Å². The highest BCUT2D eigenvalue weighted by molar-refractivity contribution is 5.81. The van der Waals surface area contributed by atoms with Gasteiger partial charge in [-0.15, -0.1) is 0 Å². The fourth-order valence-corrected chi connectivity index (χ4v) is 4.41. The number of hydrogen-bond acceptors (Lipinski definition) is 6. The Morgan fingerprint density at radius 2 is 1.95 bits per heavy atom. The second-order valence-electron chi connectivity index (χ2n) is 9.69. The molecule has 1 aromatic heterocycles. The quantitative estimate of drug-likeness (QED) is 0.467. The number of nitrogens with zero attached hydrogens (tertiary/aromatic N) is 3. The molecule has 0 saturated heterocycles. The lowest BCUT2D eigenvalue weighted by molar-refractivity contribution is -0.140. The summed E-state index contributed by atoms with van der Waals surface area (Å²) in [5.74, 6) is -0.0993. The summed E-state index contributed by atoms with van der Waals surface area (Å²) in [4.78, 5) is 44.1. The van der Waals surface area contributed by atoms with E-state index in [0.29, 0.717) is 25.9 Å². The van der Waals surface area contributed by atoms with Crippen LogP contribution in [0, 0.1) is 5.92 Å². The lowest BCUT2D eigenvalue weighted by Gasteiger charge is -2.31. The summed E-state index contributed by atoms with van der Waals surface area (Å²) >= 11 is 0.